The molecule has 2 N–H and O–H groups in total. The van der Waals surface area contributed by atoms with Crippen molar-refractivity contribution in [1.82, 2.24) is 0 Å². The summed E-state index contributed by atoms with van der Waals surface area (Å²) in [7, 11) is -3.33. The molecule has 0 spiro atoms. The van der Waals surface area contributed by atoms with Gasteiger partial charge in [-0.3, -0.25) is 0 Å². The topological polar surface area (TPSA) is 60.2 Å². The average Bonchev–Trinajstić information content (AvgIpc) is 2.91. The minimum atomic E-state index is -3.33. The monoisotopic (exact) mass is 273 g/mol. The molecule has 6 heteroatoms. The van der Waals surface area contributed by atoms with Crippen molar-refractivity contribution in [3.8, 4) is 0 Å². The van der Waals surface area contributed by atoms with E-state index in [1.165, 1.54) is 22.7 Å². The molecule has 0 aliphatic heterocycles. The Morgan fingerprint density at radius 2 is 1.88 bits per heavy atom. The zero-order valence-electron chi connectivity index (χ0n) is 8.37. The molecule has 0 fully saturated rings. The molecule has 1 unspecified atom stereocenters. The third kappa shape index (κ3) is 2.06. The van der Waals surface area contributed by atoms with Gasteiger partial charge in [0.05, 0.1) is 0 Å². The van der Waals surface area contributed by atoms with Crippen molar-refractivity contribution >= 4 is 32.5 Å². The quantitative estimate of drug-likeness (QED) is 0.929. The summed E-state index contributed by atoms with van der Waals surface area (Å²) in [6.07, 6.45) is 0. The first-order valence-corrected chi connectivity index (χ1v) is 7.97. The molecule has 3 nitrogen and oxygen atoms in total. The van der Waals surface area contributed by atoms with E-state index in [0.717, 1.165) is 4.88 Å². The van der Waals surface area contributed by atoms with Crippen molar-refractivity contribution in [2.45, 2.75) is 9.46 Å². The Kier molecular flexibility index (Phi) is 3.44. The lowest BCUT2D eigenvalue weighted by Crippen LogP contribution is -2.20. The van der Waals surface area contributed by atoms with Crippen molar-refractivity contribution in [2.24, 2.45) is 5.73 Å². The van der Waals surface area contributed by atoms with Gasteiger partial charge in [-0.15, -0.1) is 22.7 Å². The van der Waals surface area contributed by atoms with Crippen LogP contribution in [0.25, 0.3) is 0 Å². The third-order valence-corrected chi connectivity index (χ3v) is 6.90. The Morgan fingerprint density at radius 1 is 1.19 bits per heavy atom. The van der Waals surface area contributed by atoms with E-state index in [1.807, 2.05) is 17.5 Å². The summed E-state index contributed by atoms with van der Waals surface area (Å²) in [5.74, 6) is 0. The van der Waals surface area contributed by atoms with Gasteiger partial charge in [0.1, 0.15) is 9.46 Å². The van der Waals surface area contributed by atoms with Gasteiger partial charge in [-0.25, -0.2) is 8.42 Å². The van der Waals surface area contributed by atoms with Crippen LogP contribution in [0.2, 0.25) is 0 Å². The molecule has 2 aromatic rings. The second-order valence-electron chi connectivity index (χ2n) is 3.22. The third-order valence-electron chi connectivity index (χ3n) is 2.22. The maximum absolute atomic E-state index is 12.3. The van der Waals surface area contributed by atoms with Crippen LogP contribution in [0.1, 0.15) is 10.1 Å². The highest BCUT2D eigenvalue weighted by molar-refractivity contribution is 7.93. The molecule has 16 heavy (non-hydrogen) atoms. The Labute approximate surface area is 102 Å². The fourth-order valence-corrected chi connectivity index (χ4v) is 5.39. The lowest BCUT2D eigenvalue weighted by molar-refractivity contribution is 0.585. The van der Waals surface area contributed by atoms with E-state index in [1.54, 1.807) is 17.5 Å². The standard InChI is InChI=1S/C10H11NO2S3/c11-7-9(8-3-1-5-14-8)16(12,13)10-4-2-6-15-10/h1-6,9H,7,11H2. The van der Waals surface area contributed by atoms with Gasteiger partial charge in [-0.1, -0.05) is 12.1 Å². The summed E-state index contributed by atoms with van der Waals surface area (Å²) in [4.78, 5) is 0.802. The van der Waals surface area contributed by atoms with E-state index in [2.05, 4.69) is 0 Å². The molecule has 0 amide bonds. The fraction of sp³-hybridized carbons (Fsp3) is 0.200. The first-order chi connectivity index (χ1) is 7.66. The molecule has 2 rings (SSSR count). The zero-order valence-corrected chi connectivity index (χ0v) is 10.8. The van der Waals surface area contributed by atoms with E-state index in [-0.39, 0.29) is 6.54 Å². The molecular formula is C10H11NO2S3. The van der Waals surface area contributed by atoms with Crippen molar-refractivity contribution in [1.29, 1.82) is 0 Å². The van der Waals surface area contributed by atoms with Gasteiger partial charge in [0.25, 0.3) is 0 Å². The Morgan fingerprint density at radius 3 is 2.38 bits per heavy atom. The maximum atomic E-state index is 12.3. The SMILES string of the molecule is NCC(c1cccs1)S(=O)(=O)c1cccs1. The molecule has 0 bridgehead atoms. The van der Waals surface area contributed by atoms with E-state index in [4.69, 9.17) is 5.73 Å². The van der Waals surface area contributed by atoms with Crippen LogP contribution in [-0.2, 0) is 9.84 Å². The summed E-state index contributed by atoms with van der Waals surface area (Å²) >= 11 is 2.66. The van der Waals surface area contributed by atoms with Gasteiger partial charge in [0, 0.05) is 11.4 Å². The lowest BCUT2D eigenvalue weighted by Gasteiger charge is -2.12. The van der Waals surface area contributed by atoms with Crippen LogP contribution in [0.3, 0.4) is 0 Å². The van der Waals surface area contributed by atoms with E-state index in [9.17, 15) is 8.42 Å². The van der Waals surface area contributed by atoms with Gasteiger partial charge in [-0.2, -0.15) is 0 Å². The van der Waals surface area contributed by atoms with E-state index in [0.29, 0.717) is 4.21 Å². The lowest BCUT2D eigenvalue weighted by atomic mass is 10.3. The van der Waals surface area contributed by atoms with Crippen molar-refractivity contribution in [3.05, 3.63) is 39.9 Å². The molecule has 0 aliphatic rings. The summed E-state index contributed by atoms with van der Waals surface area (Å²) < 4.78 is 24.9. The minimum Gasteiger partial charge on any atom is -0.329 e. The molecular weight excluding hydrogens is 262 g/mol. The maximum Gasteiger partial charge on any atom is 0.196 e. The van der Waals surface area contributed by atoms with Gasteiger partial charge in [0.2, 0.25) is 0 Å². The zero-order chi connectivity index (χ0) is 11.6. The van der Waals surface area contributed by atoms with Gasteiger partial charge < -0.3 is 5.73 Å². The molecule has 0 saturated carbocycles. The van der Waals surface area contributed by atoms with Gasteiger partial charge in [0.15, 0.2) is 9.84 Å². The molecule has 1 atom stereocenters. The van der Waals surface area contributed by atoms with Gasteiger partial charge in [-0.05, 0) is 22.9 Å². The van der Waals surface area contributed by atoms with E-state index >= 15 is 0 Å². The summed E-state index contributed by atoms with van der Waals surface area (Å²) in [5.41, 5.74) is 5.59. The summed E-state index contributed by atoms with van der Waals surface area (Å²) in [5, 5.41) is 3.00. The molecule has 86 valence electrons. The van der Waals surface area contributed by atoms with Crippen LogP contribution in [0.4, 0.5) is 0 Å². The predicted molar refractivity (Wildman–Crippen MR) is 67.6 cm³/mol. The smallest absolute Gasteiger partial charge is 0.196 e. The number of nitrogens with two attached hydrogens (primary N) is 1. The second kappa shape index (κ2) is 4.67. The van der Waals surface area contributed by atoms with Crippen LogP contribution in [0.15, 0.2) is 39.2 Å². The number of rotatable bonds is 4. The highest BCUT2D eigenvalue weighted by Crippen LogP contribution is 2.32. The Balaban J connectivity index is 2.43. The molecule has 0 radical (unpaired) electrons. The van der Waals surface area contributed by atoms with Gasteiger partial charge >= 0.3 is 0 Å². The van der Waals surface area contributed by atoms with Crippen LogP contribution in [0.5, 0.6) is 0 Å². The molecule has 0 saturated heterocycles. The van der Waals surface area contributed by atoms with Crippen molar-refractivity contribution in [3.63, 3.8) is 0 Å². The predicted octanol–water partition coefficient (Wildman–Crippen LogP) is 2.28. The van der Waals surface area contributed by atoms with Crippen molar-refractivity contribution in [2.75, 3.05) is 6.54 Å². The van der Waals surface area contributed by atoms with E-state index < -0.39 is 15.1 Å². The number of hydrogen-bond donors (Lipinski definition) is 1. The Bertz CT molecular complexity index is 529. The number of hydrogen-bond acceptors (Lipinski definition) is 5. The molecule has 0 aliphatic carbocycles. The summed E-state index contributed by atoms with van der Waals surface area (Å²) in [6, 6.07) is 7.01. The first-order valence-electron chi connectivity index (χ1n) is 4.67. The Hall–Kier alpha value is -0.690. The number of thiophene rings is 2. The van der Waals surface area contributed by atoms with Crippen LogP contribution in [0, 0.1) is 0 Å². The van der Waals surface area contributed by atoms with Crippen LogP contribution < -0.4 is 5.73 Å². The molecule has 0 aromatic carbocycles. The average molecular weight is 273 g/mol. The highest BCUT2D eigenvalue weighted by Gasteiger charge is 2.29. The highest BCUT2D eigenvalue weighted by atomic mass is 32.2. The van der Waals surface area contributed by atoms with Crippen molar-refractivity contribution < 1.29 is 8.42 Å². The normalized spacial score (nSPS) is 13.8. The second-order valence-corrected chi connectivity index (χ2v) is 7.50. The van der Waals surface area contributed by atoms with Crippen LogP contribution >= 0.6 is 22.7 Å². The molecule has 2 heterocycles. The van der Waals surface area contributed by atoms with Crippen LogP contribution in [-0.4, -0.2) is 15.0 Å². The summed E-state index contributed by atoms with van der Waals surface area (Å²) in [6.45, 7) is 0.112. The molecule has 2 aromatic heterocycles. The largest absolute Gasteiger partial charge is 0.329 e. The first kappa shape index (κ1) is 11.8. The fourth-order valence-electron chi connectivity index (χ4n) is 1.44. The number of sulfone groups is 1. The minimum absolute atomic E-state index is 0.112.